The summed E-state index contributed by atoms with van der Waals surface area (Å²) in [6.07, 6.45) is 4.50. The van der Waals surface area contributed by atoms with E-state index in [0.717, 1.165) is 30.5 Å². The summed E-state index contributed by atoms with van der Waals surface area (Å²) in [5.74, 6) is -0.239. The Morgan fingerprint density at radius 2 is 2.07 bits per heavy atom. The van der Waals surface area contributed by atoms with Crippen LogP contribution in [0.3, 0.4) is 0 Å². The van der Waals surface area contributed by atoms with Gasteiger partial charge in [0.15, 0.2) is 0 Å². The fourth-order valence-electron chi connectivity index (χ4n) is 2.86. The second-order valence-corrected chi connectivity index (χ2v) is 6.30. The molecule has 0 atom stereocenters. The Labute approximate surface area is 156 Å². The Morgan fingerprint density at radius 3 is 2.74 bits per heavy atom. The molecule has 1 saturated carbocycles. The molecule has 2 aromatic rings. The van der Waals surface area contributed by atoms with Crippen LogP contribution in [0.4, 0.5) is 10.1 Å². The van der Waals surface area contributed by atoms with Gasteiger partial charge >= 0.3 is 0 Å². The van der Waals surface area contributed by atoms with Crippen LogP contribution in [-0.2, 0) is 11.3 Å². The number of hydrogen-bond donors (Lipinski definition) is 0. The quantitative estimate of drug-likeness (QED) is 0.420. The molecule has 0 aromatic heterocycles. The Kier molecular flexibility index (Phi) is 5.49. The van der Waals surface area contributed by atoms with Gasteiger partial charge in [0, 0.05) is 24.2 Å². The van der Waals surface area contributed by atoms with Crippen LogP contribution in [0.1, 0.15) is 24.0 Å². The summed E-state index contributed by atoms with van der Waals surface area (Å²) in [6.45, 7) is 0.392. The van der Waals surface area contributed by atoms with Crippen molar-refractivity contribution in [2.75, 3.05) is 7.11 Å². The summed E-state index contributed by atoms with van der Waals surface area (Å²) in [5.41, 5.74) is 0.700. The van der Waals surface area contributed by atoms with Crippen LogP contribution < -0.4 is 4.74 Å². The van der Waals surface area contributed by atoms with Gasteiger partial charge in [0.2, 0.25) is 5.91 Å². The molecule has 1 amide bonds. The van der Waals surface area contributed by atoms with Gasteiger partial charge in [-0.15, -0.1) is 0 Å². The van der Waals surface area contributed by atoms with Crippen molar-refractivity contribution in [2.24, 2.45) is 0 Å². The zero-order valence-corrected chi connectivity index (χ0v) is 14.8. The molecule has 7 heteroatoms. The zero-order chi connectivity index (χ0) is 19.4. The number of amides is 1. The van der Waals surface area contributed by atoms with Crippen LogP contribution >= 0.6 is 0 Å². The van der Waals surface area contributed by atoms with E-state index < -0.39 is 10.7 Å². The first-order valence-corrected chi connectivity index (χ1v) is 8.54. The number of halogens is 1. The van der Waals surface area contributed by atoms with Gasteiger partial charge in [-0.2, -0.15) is 0 Å². The van der Waals surface area contributed by atoms with E-state index in [0.29, 0.717) is 12.3 Å². The number of para-hydroxylation sites is 1. The molecule has 1 fully saturated rings. The second kappa shape index (κ2) is 7.99. The smallest absolute Gasteiger partial charge is 0.279 e. The molecule has 0 bridgehead atoms. The predicted molar refractivity (Wildman–Crippen MR) is 98.7 cm³/mol. The molecule has 6 nitrogen and oxygen atoms in total. The normalized spacial score (nSPS) is 13.6. The molecule has 2 aromatic carbocycles. The third-order valence-electron chi connectivity index (χ3n) is 4.40. The molecule has 0 heterocycles. The summed E-state index contributed by atoms with van der Waals surface area (Å²) in [5, 5.41) is 11.1. The largest absolute Gasteiger partial charge is 0.496 e. The van der Waals surface area contributed by atoms with Crippen molar-refractivity contribution in [3.63, 3.8) is 0 Å². The van der Waals surface area contributed by atoms with Crippen molar-refractivity contribution in [1.82, 2.24) is 4.90 Å². The van der Waals surface area contributed by atoms with Crippen LogP contribution in [0, 0.1) is 15.9 Å². The molecular weight excluding hydrogens is 351 g/mol. The molecule has 0 spiro atoms. The minimum atomic E-state index is -0.694. The molecule has 1 aliphatic rings. The lowest BCUT2D eigenvalue weighted by molar-refractivity contribution is -0.385. The molecule has 27 heavy (non-hydrogen) atoms. The van der Waals surface area contributed by atoms with Crippen molar-refractivity contribution in [3.8, 4) is 5.75 Å². The summed E-state index contributed by atoms with van der Waals surface area (Å²) < 4.78 is 18.6. The summed E-state index contributed by atoms with van der Waals surface area (Å²) in [4.78, 5) is 24.8. The van der Waals surface area contributed by atoms with Gasteiger partial charge in [-0.3, -0.25) is 14.9 Å². The first kappa shape index (κ1) is 18.6. The molecule has 0 aliphatic heterocycles. The standard InChI is InChI=1S/C20H19FN2O4/c1-27-19-5-3-2-4-15(19)13-22(17-9-10-17)20(24)11-7-14-6-8-16(21)12-18(14)23(25)26/h2-8,11-12,17H,9-10,13H2,1H3. The first-order chi connectivity index (χ1) is 13.0. The molecule has 1 aliphatic carbocycles. The van der Waals surface area contributed by atoms with E-state index in [-0.39, 0.29) is 23.2 Å². The van der Waals surface area contributed by atoms with Crippen molar-refractivity contribution >= 4 is 17.7 Å². The van der Waals surface area contributed by atoms with E-state index in [1.807, 2.05) is 24.3 Å². The van der Waals surface area contributed by atoms with E-state index in [1.54, 1.807) is 12.0 Å². The summed E-state index contributed by atoms with van der Waals surface area (Å²) in [7, 11) is 1.58. The van der Waals surface area contributed by atoms with Crippen LogP contribution in [0.2, 0.25) is 0 Å². The van der Waals surface area contributed by atoms with Crippen molar-refractivity contribution < 1.29 is 18.8 Å². The lowest BCUT2D eigenvalue weighted by Gasteiger charge is -2.22. The number of carbonyl (C=O) groups excluding carboxylic acids is 1. The highest BCUT2D eigenvalue weighted by atomic mass is 19.1. The monoisotopic (exact) mass is 370 g/mol. The van der Waals surface area contributed by atoms with E-state index in [4.69, 9.17) is 4.74 Å². The van der Waals surface area contributed by atoms with Gasteiger partial charge in [0.05, 0.1) is 23.7 Å². The number of rotatable bonds is 7. The van der Waals surface area contributed by atoms with Gasteiger partial charge in [-0.1, -0.05) is 18.2 Å². The van der Waals surface area contributed by atoms with Gasteiger partial charge < -0.3 is 9.64 Å². The van der Waals surface area contributed by atoms with E-state index in [1.165, 1.54) is 18.2 Å². The maximum atomic E-state index is 13.2. The van der Waals surface area contributed by atoms with Gasteiger partial charge in [0.1, 0.15) is 11.6 Å². The van der Waals surface area contributed by atoms with E-state index in [2.05, 4.69) is 0 Å². The molecule has 0 radical (unpaired) electrons. The minimum Gasteiger partial charge on any atom is -0.496 e. The fourth-order valence-corrected chi connectivity index (χ4v) is 2.86. The SMILES string of the molecule is COc1ccccc1CN(C(=O)C=Cc1ccc(F)cc1[N+](=O)[O-])C1CC1. The number of methoxy groups -OCH3 is 1. The first-order valence-electron chi connectivity index (χ1n) is 8.54. The third kappa shape index (κ3) is 4.49. The highest BCUT2D eigenvalue weighted by Crippen LogP contribution is 2.31. The number of benzene rings is 2. The zero-order valence-electron chi connectivity index (χ0n) is 14.8. The lowest BCUT2D eigenvalue weighted by Crippen LogP contribution is -2.31. The average Bonchev–Trinajstić information content (AvgIpc) is 3.50. The molecular formula is C20H19FN2O4. The molecule has 0 saturated heterocycles. The number of nitrogens with zero attached hydrogens (tertiary/aromatic N) is 2. The molecule has 3 rings (SSSR count). The number of hydrogen-bond acceptors (Lipinski definition) is 4. The fraction of sp³-hybridized carbons (Fsp3) is 0.250. The number of nitro groups is 1. The Bertz CT molecular complexity index is 893. The van der Waals surface area contributed by atoms with Crippen LogP contribution in [0.5, 0.6) is 5.75 Å². The molecule has 140 valence electrons. The van der Waals surface area contributed by atoms with Crippen LogP contribution in [0.25, 0.3) is 6.08 Å². The predicted octanol–water partition coefficient (Wildman–Crippen LogP) is 3.95. The lowest BCUT2D eigenvalue weighted by atomic mass is 10.1. The number of ether oxygens (including phenoxy) is 1. The van der Waals surface area contributed by atoms with Crippen molar-refractivity contribution in [3.05, 3.63) is 75.6 Å². The molecule has 0 unspecified atom stereocenters. The van der Waals surface area contributed by atoms with Gasteiger partial charge in [-0.25, -0.2) is 4.39 Å². The summed E-state index contributed by atoms with van der Waals surface area (Å²) in [6, 6.07) is 10.9. The van der Waals surface area contributed by atoms with Crippen LogP contribution in [-0.4, -0.2) is 28.9 Å². The van der Waals surface area contributed by atoms with Crippen LogP contribution in [0.15, 0.2) is 48.5 Å². The average molecular weight is 370 g/mol. The number of carbonyl (C=O) groups is 1. The minimum absolute atomic E-state index is 0.148. The van der Waals surface area contributed by atoms with Crippen molar-refractivity contribution in [2.45, 2.75) is 25.4 Å². The Balaban J connectivity index is 1.81. The molecule has 0 N–H and O–H groups in total. The highest BCUT2D eigenvalue weighted by molar-refractivity contribution is 5.92. The topological polar surface area (TPSA) is 72.7 Å². The van der Waals surface area contributed by atoms with E-state index >= 15 is 0 Å². The third-order valence-corrected chi connectivity index (χ3v) is 4.40. The Hall–Kier alpha value is -3.22. The van der Waals surface area contributed by atoms with E-state index in [9.17, 15) is 19.3 Å². The second-order valence-electron chi connectivity index (χ2n) is 6.30. The summed E-state index contributed by atoms with van der Waals surface area (Å²) >= 11 is 0. The van der Waals surface area contributed by atoms with Crippen molar-refractivity contribution in [1.29, 1.82) is 0 Å². The highest BCUT2D eigenvalue weighted by Gasteiger charge is 2.32. The Morgan fingerprint density at radius 1 is 1.33 bits per heavy atom. The maximum absolute atomic E-state index is 13.2. The number of nitro benzene ring substituents is 1. The van der Waals surface area contributed by atoms with Gasteiger partial charge in [0.25, 0.3) is 5.69 Å². The maximum Gasteiger partial charge on any atom is 0.279 e. The van der Waals surface area contributed by atoms with Gasteiger partial charge in [-0.05, 0) is 37.1 Å².